The molecule has 0 bridgehead atoms. The third-order valence-corrected chi connectivity index (χ3v) is 1.82. The number of carboxylic acid groups (broad SMARTS) is 1. The van der Waals surface area contributed by atoms with Gasteiger partial charge in [0.05, 0.1) is 0 Å². The van der Waals surface area contributed by atoms with Crippen LogP contribution in [0.25, 0.3) is 0 Å². The van der Waals surface area contributed by atoms with E-state index in [1.54, 1.807) is 0 Å². The van der Waals surface area contributed by atoms with Crippen LogP contribution in [0.5, 0.6) is 0 Å². The molecule has 1 fully saturated rings. The minimum Gasteiger partial charge on any atom is -0.495 e. The predicted octanol–water partition coefficient (Wildman–Crippen LogP) is 0.794. The molecule has 4 N–H and O–H groups in total. The van der Waals surface area contributed by atoms with Crippen LogP contribution in [0.15, 0.2) is 29.2 Å². The fourth-order valence-corrected chi connectivity index (χ4v) is 0.944. The van der Waals surface area contributed by atoms with Gasteiger partial charge in [-0.05, 0) is 12.8 Å². The molecule has 0 aliphatic heterocycles. The zero-order valence-electron chi connectivity index (χ0n) is 7.60. The van der Waals surface area contributed by atoms with Crippen molar-refractivity contribution < 1.29 is 15.0 Å². The molecule has 1 aliphatic carbocycles. The van der Waals surface area contributed by atoms with Gasteiger partial charge in [0.25, 0.3) is 0 Å². The number of rotatable bonds is 4. The summed E-state index contributed by atoms with van der Waals surface area (Å²) in [6, 6.07) is 0. The zero-order valence-corrected chi connectivity index (χ0v) is 7.60. The Morgan fingerprint density at radius 3 is 2.43 bits per heavy atom. The van der Waals surface area contributed by atoms with Gasteiger partial charge in [0.1, 0.15) is 0 Å². The highest BCUT2D eigenvalue weighted by Gasteiger charge is 2.25. The first-order valence-corrected chi connectivity index (χ1v) is 4.17. The summed E-state index contributed by atoms with van der Waals surface area (Å²) in [7, 11) is 0. The molecule has 0 heterocycles. The third-order valence-electron chi connectivity index (χ3n) is 1.82. The Morgan fingerprint density at radius 1 is 1.50 bits per heavy atom. The van der Waals surface area contributed by atoms with Crippen LogP contribution in [0.3, 0.4) is 0 Å². The minimum atomic E-state index is -1.23. The zero-order chi connectivity index (χ0) is 10.7. The van der Waals surface area contributed by atoms with Crippen LogP contribution in [0.4, 0.5) is 0 Å². The van der Waals surface area contributed by atoms with E-state index in [1.165, 1.54) is 0 Å². The van der Waals surface area contributed by atoms with Crippen molar-refractivity contribution in [3.63, 3.8) is 0 Å². The van der Waals surface area contributed by atoms with E-state index in [4.69, 9.17) is 15.9 Å². The fraction of sp³-hybridized carbons (Fsp3) is 0.333. The van der Waals surface area contributed by atoms with E-state index in [1.807, 2.05) is 0 Å². The normalized spacial score (nSPS) is 18.0. The maximum Gasteiger partial charge on any atom is 0.354 e. The molecule has 0 amide bonds. The number of aliphatic hydroxyl groups is 1. The number of hydrogen-bond acceptors (Lipinski definition) is 4. The van der Waals surface area contributed by atoms with Crippen LogP contribution in [0.1, 0.15) is 12.8 Å². The Hall–Kier alpha value is -1.78. The van der Waals surface area contributed by atoms with E-state index in [0.717, 1.165) is 18.9 Å². The lowest BCUT2D eigenvalue weighted by atomic mass is 10.3. The Bertz CT molecular complexity index is 323. The molecule has 0 atom stereocenters. The van der Waals surface area contributed by atoms with Crippen molar-refractivity contribution in [2.24, 2.45) is 16.6 Å². The van der Waals surface area contributed by atoms with Gasteiger partial charge in [0, 0.05) is 17.7 Å². The van der Waals surface area contributed by atoms with Gasteiger partial charge in [0.15, 0.2) is 11.6 Å². The largest absolute Gasteiger partial charge is 0.495 e. The highest BCUT2D eigenvalue weighted by Crippen LogP contribution is 2.36. The lowest BCUT2D eigenvalue weighted by Gasteiger charge is -1.98. The summed E-state index contributed by atoms with van der Waals surface area (Å²) in [5, 5.41) is 17.4. The SMILES string of the molecule is C=C(/N=C(\C=C(/N)O)C(=O)O)C1CC1. The predicted molar refractivity (Wildman–Crippen MR) is 51.8 cm³/mol. The first-order chi connectivity index (χ1) is 6.50. The molecule has 0 aromatic heterocycles. The maximum absolute atomic E-state index is 10.6. The fourth-order valence-electron chi connectivity index (χ4n) is 0.944. The summed E-state index contributed by atoms with van der Waals surface area (Å²) in [5.41, 5.74) is 5.18. The Morgan fingerprint density at radius 2 is 2.07 bits per heavy atom. The quantitative estimate of drug-likeness (QED) is 0.457. The molecule has 5 heteroatoms. The maximum atomic E-state index is 10.6. The van der Waals surface area contributed by atoms with Crippen molar-refractivity contribution in [2.75, 3.05) is 0 Å². The molecule has 1 aliphatic rings. The molecule has 0 saturated heterocycles. The van der Waals surface area contributed by atoms with Gasteiger partial charge in [-0.15, -0.1) is 0 Å². The summed E-state index contributed by atoms with van der Waals surface area (Å²) in [4.78, 5) is 14.4. The molecule has 0 radical (unpaired) electrons. The average Bonchev–Trinajstić information content (AvgIpc) is 2.83. The van der Waals surface area contributed by atoms with E-state index >= 15 is 0 Å². The molecule has 76 valence electrons. The number of carboxylic acids is 1. The number of nitrogens with zero attached hydrogens (tertiary/aromatic N) is 1. The van der Waals surface area contributed by atoms with Crippen molar-refractivity contribution in [3.8, 4) is 0 Å². The monoisotopic (exact) mass is 196 g/mol. The summed E-state index contributed by atoms with van der Waals surface area (Å²) in [5.74, 6) is -1.52. The molecule has 0 unspecified atom stereocenters. The smallest absolute Gasteiger partial charge is 0.354 e. The van der Waals surface area contributed by atoms with Crippen LogP contribution in [-0.2, 0) is 4.79 Å². The Balaban J connectivity index is 2.80. The molecule has 1 rings (SSSR count). The third kappa shape index (κ3) is 2.93. The van der Waals surface area contributed by atoms with Gasteiger partial charge in [-0.1, -0.05) is 6.58 Å². The number of aliphatic hydroxyl groups excluding tert-OH is 1. The summed E-state index contributed by atoms with van der Waals surface area (Å²) >= 11 is 0. The van der Waals surface area contributed by atoms with Gasteiger partial charge in [0.2, 0.25) is 0 Å². The summed E-state index contributed by atoms with van der Waals surface area (Å²) in [6.07, 6.45) is 2.89. The highest BCUT2D eigenvalue weighted by atomic mass is 16.4. The van der Waals surface area contributed by atoms with Crippen molar-refractivity contribution >= 4 is 11.7 Å². The van der Waals surface area contributed by atoms with Crippen molar-refractivity contribution in [1.29, 1.82) is 0 Å². The number of allylic oxidation sites excluding steroid dienone is 1. The number of aliphatic carboxylic acids is 1. The molecule has 0 aromatic carbocycles. The second-order valence-corrected chi connectivity index (χ2v) is 3.14. The van der Waals surface area contributed by atoms with Crippen LogP contribution >= 0.6 is 0 Å². The van der Waals surface area contributed by atoms with Crippen LogP contribution < -0.4 is 5.73 Å². The summed E-state index contributed by atoms with van der Waals surface area (Å²) < 4.78 is 0. The Labute approximate surface area is 81.3 Å². The molecule has 5 nitrogen and oxygen atoms in total. The van der Waals surface area contributed by atoms with Crippen LogP contribution in [0.2, 0.25) is 0 Å². The number of carbonyl (C=O) groups is 1. The molecular formula is C9H12N2O3. The second-order valence-electron chi connectivity index (χ2n) is 3.14. The lowest BCUT2D eigenvalue weighted by Crippen LogP contribution is -2.13. The van der Waals surface area contributed by atoms with E-state index in [2.05, 4.69) is 11.6 Å². The summed E-state index contributed by atoms with van der Waals surface area (Å²) in [6.45, 7) is 3.64. The van der Waals surface area contributed by atoms with Crippen molar-refractivity contribution in [1.82, 2.24) is 0 Å². The number of aliphatic imine (C=N–C) groups is 1. The van der Waals surface area contributed by atoms with E-state index in [-0.39, 0.29) is 11.6 Å². The first-order valence-electron chi connectivity index (χ1n) is 4.17. The van der Waals surface area contributed by atoms with Crippen molar-refractivity contribution in [2.45, 2.75) is 12.8 Å². The van der Waals surface area contributed by atoms with Crippen LogP contribution in [0, 0.1) is 5.92 Å². The molecule has 1 saturated carbocycles. The number of nitrogens with two attached hydrogens (primary N) is 1. The van der Waals surface area contributed by atoms with Gasteiger partial charge >= 0.3 is 5.97 Å². The highest BCUT2D eigenvalue weighted by molar-refractivity contribution is 6.40. The van der Waals surface area contributed by atoms with Gasteiger partial charge < -0.3 is 15.9 Å². The lowest BCUT2D eigenvalue weighted by molar-refractivity contribution is -0.129. The second kappa shape index (κ2) is 3.95. The molecule has 0 spiro atoms. The average molecular weight is 196 g/mol. The minimum absolute atomic E-state index is 0.290. The first kappa shape index (κ1) is 10.3. The molecular weight excluding hydrogens is 184 g/mol. The molecule has 0 aromatic rings. The van der Waals surface area contributed by atoms with Gasteiger partial charge in [-0.2, -0.15) is 0 Å². The van der Waals surface area contributed by atoms with Gasteiger partial charge in [-0.3, -0.25) is 0 Å². The molecule has 14 heavy (non-hydrogen) atoms. The standard InChI is InChI=1S/C9H12N2O3/c1-5(6-2-3-6)11-7(9(13)14)4-8(10)12/h4,6,12H,1-3,10H2,(H,13,14)/b8-4+,11-7+. The topological polar surface area (TPSA) is 95.9 Å². The van der Waals surface area contributed by atoms with E-state index < -0.39 is 11.9 Å². The van der Waals surface area contributed by atoms with Crippen LogP contribution in [-0.4, -0.2) is 21.9 Å². The van der Waals surface area contributed by atoms with Crippen molar-refractivity contribution in [3.05, 3.63) is 24.2 Å². The van der Waals surface area contributed by atoms with E-state index in [0.29, 0.717) is 5.70 Å². The Kier molecular flexibility index (Phi) is 2.91. The van der Waals surface area contributed by atoms with Gasteiger partial charge in [-0.25, -0.2) is 9.79 Å². The van der Waals surface area contributed by atoms with E-state index in [9.17, 15) is 4.79 Å². The number of hydrogen-bond donors (Lipinski definition) is 3.